The van der Waals surface area contributed by atoms with Gasteiger partial charge >= 0.3 is 5.82 Å². The van der Waals surface area contributed by atoms with Crippen molar-refractivity contribution >= 4 is 34.7 Å². The molecule has 3 rings (SSSR count). The van der Waals surface area contributed by atoms with E-state index < -0.39 is 23.3 Å². The molecule has 2 heterocycles. The van der Waals surface area contributed by atoms with Gasteiger partial charge in [-0.1, -0.05) is 29.8 Å². The number of hydrogen-bond acceptors (Lipinski definition) is 6. The van der Waals surface area contributed by atoms with Gasteiger partial charge in [0.1, 0.15) is 6.20 Å². The van der Waals surface area contributed by atoms with Crippen molar-refractivity contribution in [3.63, 3.8) is 0 Å². The molecule has 8 nitrogen and oxygen atoms in total. The van der Waals surface area contributed by atoms with Crippen LogP contribution in [0.4, 0.5) is 5.82 Å². The number of halogens is 1. The topological polar surface area (TPSA) is 99.6 Å². The van der Waals surface area contributed by atoms with E-state index >= 15 is 0 Å². The van der Waals surface area contributed by atoms with Gasteiger partial charge in [0.05, 0.1) is 6.54 Å². The summed E-state index contributed by atoms with van der Waals surface area (Å²) < 4.78 is 7.00. The quantitative estimate of drug-likeness (QED) is 0.464. The molecule has 0 atom stereocenters. The van der Waals surface area contributed by atoms with Gasteiger partial charge in [0, 0.05) is 16.6 Å². The zero-order valence-corrected chi connectivity index (χ0v) is 15.4. The van der Waals surface area contributed by atoms with E-state index in [2.05, 4.69) is 9.98 Å². The van der Waals surface area contributed by atoms with Crippen LogP contribution in [-0.4, -0.2) is 27.0 Å². The zero-order valence-electron chi connectivity index (χ0n) is 13.8. The average molecular weight is 405 g/mol. The van der Waals surface area contributed by atoms with Crippen LogP contribution in [0.1, 0.15) is 5.56 Å². The first-order valence-electron chi connectivity index (χ1n) is 7.71. The number of rotatable bonds is 6. The summed E-state index contributed by atoms with van der Waals surface area (Å²) in [5.41, 5.74) is 0.897. The maximum absolute atomic E-state index is 12.1. The maximum Gasteiger partial charge on any atom is 0.406 e. The molecule has 27 heavy (non-hydrogen) atoms. The van der Waals surface area contributed by atoms with Gasteiger partial charge in [0.25, 0.3) is 5.91 Å². The Bertz CT molecular complexity index is 1050. The third kappa shape index (κ3) is 4.78. The van der Waals surface area contributed by atoms with Gasteiger partial charge in [0.15, 0.2) is 11.4 Å². The van der Waals surface area contributed by atoms with Gasteiger partial charge in [-0.25, -0.2) is 0 Å². The standard InChI is InChI=1S/C17H13ClN4O4S/c18-13-5-2-1-4-12(13)10-21-8-9-27-17(21)20-15(23)11-26-14-6-3-7-19-16(14)22(24)25/h1-9H,10-11H2. The van der Waals surface area contributed by atoms with Crippen LogP contribution in [0.3, 0.4) is 0 Å². The lowest BCUT2D eigenvalue weighted by molar-refractivity contribution is -0.390. The van der Waals surface area contributed by atoms with Crippen molar-refractivity contribution in [2.24, 2.45) is 4.99 Å². The van der Waals surface area contributed by atoms with Crippen LogP contribution in [0.25, 0.3) is 0 Å². The first kappa shape index (κ1) is 18.7. The van der Waals surface area contributed by atoms with E-state index in [1.54, 1.807) is 22.2 Å². The number of thiazole rings is 1. The minimum atomic E-state index is -0.673. The summed E-state index contributed by atoms with van der Waals surface area (Å²) in [6.07, 6.45) is 3.08. The van der Waals surface area contributed by atoms with E-state index in [0.29, 0.717) is 16.4 Å². The molecule has 0 saturated carbocycles. The highest BCUT2D eigenvalue weighted by atomic mass is 35.5. The van der Waals surface area contributed by atoms with E-state index in [1.165, 1.54) is 29.7 Å². The fraction of sp³-hybridized carbons (Fsp3) is 0.118. The lowest BCUT2D eigenvalue weighted by Crippen LogP contribution is -2.19. The number of nitrogens with zero attached hydrogens (tertiary/aromatic N) is 4. The summed E-state index contributed by atoms with van der Waals surface area (Å²) in [6.45, 7) is 0.0285. The van der Waals surface area contributed by atoms with Crippen LogP contribution in [-0.2, 0) is 11.3 Å². The Morgan fingerprint density at radius 2 is 2.15 bits per heavy atom. The van der Waals surface area contributed by atoms with Crippen molar-refractivity contribution in [1.29, 1.82) is 0 Å². The second-order valence-corrected chi connectivity index (χ2v) is 6.56. The summed E-state index contributed by atoms with van der Waals surface area (Å²) in [5.74, 6) is -1.10. The van der Waals surface area contributed by atoms with Gasteiger partial charge in [0.2, 0.25) is 5.75 Å². The summed E-state index contributed by atoms with van der Waals surface area (Å²) in [4.78, 5) is 30.5. The van der Waals surface area contributed by atoms with Crippen molar-refractivity contribution in [1.82, 2.24) is 9.55 Å². The Morgan fingerprint density at radius 1 is 1.33 bits per heavy atom. The van der Waals surface area contributed by atoms with E-state index in [4.69, 9.17) is 16.3 Å². The number of nitro groups is 1. The molecule has 0 saturated heterocycles. The van der Waals surface area contributed by atoms with Crippen molar-refractivity contribution in [2.45, 2.75) is 6.54 Å². The van der Waals surface area contributed by atoms with Crippen LogP contribution < -0.4 is 9.54 Å². The van der Waals surface area contributed by atoms with Gasteiger partial charge in [-0.05, 0) is 33.7 Å². The lowest BCUT2D eigenvalue weighted by atomic mass is 10.2. The molecule has 0 radical (unpaired) electrons. The Labute approximate surface area is 162 Å². The van der Waals surface area contributed by atoms with Crippen LogP contribution in [0.2, 0.25) is 5.02 Å². The van der Waals surface area contributed by atoms with Gasteiger partial charge in [-0.2, -0.15) is 4.99 Å². The van der Waals surface area contributed by atoms with E-state index in [0.717, 1.165) is 5.56 Å². The van der Waals surface area contributed by atoms with Gasteiger partial charge in [-0.15, -0.1) is 11.3 Å². The molecule has 1 aromatic carbocycles. The predicted molar refractivity (Wildman–Crippen MR) is 99.8 cm³/mol. The third-order valence-corrected chi connectivity index (χ3v) is 4.62. The van der Waals surface area contributed by atoms with Crippen LogP contribution in [0.5, 0.6) is 5.75 Å². The monoisotopic (exact) mass is 404 g/mol. The first-order chi connectivity index (χ1) is 13.0. The molecule has 2 aromatic heterocycles. The molecular formula is C17H13ClN4O4S. The van der Waals surface area contributed by atoms with Crippen LogP contribution in [0.15, 0.2) is 59.2 Å². The van der Waals surface area contributed by atoms with Gasteiger partial charge in [-0.3, -0.25) is 4.79 Å². The molecule has 10 heteroatoms. The Hall–Kier alpha value is -3.04. The van der Waals surface area contributed by atoms with E-state index in [1.807, 2.05) is 18.2 Å². The molecule has 138 valence electrons. The summed E-state index contributed by atoms with van der Waals surface area (Å²) in [6, 6.07) is 10.3. The second kappa shape index (κ2) is 8.56. The number of carbonyl (C=O) groups is 1. The third-order valence-electron chi connectivity index (χ3n) is 3.45. The highest BCUT2D eigenvalue weighted by Gasteiger charge is 2.16. The lowest BCUT2D eigenvalue weighted by Gasteiger charge is -2.05. The number of ether oxygens (including phenoxy) is 1. The van der Waals surface area contributed by atoms with Crippen LogP contribution >= 0.6 is 22.9 Å². The molecule has 0 N–H and O–H groups in total. The largest absolute Gasteiger partial charge is 0.475 e. The van der Waals surface area contributed by atoms with Crippen molar-refractivity contribution < 1.29 is 14.5 Å². The maximum atomic E-state index is 12.1. The number of amides is 1. The number of carbonyl (C=O) groups excluding carboxylic acids is 1. The highest BCUT2D eigenvalue weighted by Crippen LogP contribution is 2.22. The fourth-order valence-corrected chi connectivity index (χ4v) is 3.17. The zero-order chi connectivity index (χ0) is 19.2. The number of aromatic nitrogens is 2. The van der Waals surface area contributed by atoms with Crippen LogP contribution in [0, 0.1) is 10.1 Å². The Balaban J connectivity index is 1.73. The Morgan fingerprint density at radius 3 is 2.93 bits per heavy atom. The smallest absolute Gasteiger partial charge is 0.406 e. The van der Waals surface area contributed by atoms with Crippen molar-refractivity contribution in [3.05, 3.63) is 79.7 Å². The highest BCUT2D eigenvalue weighted by molar-refractivity contribution is 7.07. The summed E-state index contributed by atoms with van der Waals surface area (Å²) in [7, 11) is 0. The molecule has 0 aliphatic heterocycles. The first-order valence-corrected chi connectivity index (χ1v) is 8.97. The normalized spacial score (nSPS) is 11.4. The minimum Gasteiger partial charge on any atom is -0.475 e. The summed E-state index contributed by atoms with van der Waals surface area (Å²) >= 11 is 7.46. The molecule has 3 aromatic rings. The molecule has 0 spiro atoms. The number of pyridine rings is 1. The SMILES string of the molecule is O=C(COc1cccnc1[N+](=O)[O-])N=c1sccn1Cc1ccccc1Cl. The predicted octanol–water partition coefficient (Wildman–Crippen LogP) is 3.06. The molecule has 1 amide bonds. The van der Waals surface area contributed by atoms with E-state index in [9.17, 15) is 14.9 Å². The summed E-state index contributed by atoms with van der Waals surface area (Å²) in [5, 5.41) is 13.3. The Kier molecular flexibility index (Phi) is 5.94. The van der Waals surface area contributed by atoms with Gasteiger partial charge < -0.3 is 19.4 Å². The van der Waals surface area contributed by atoms with Crippen molar-refractivity contribution in [2.75, 3.05) is 6.61 Å². The molecule has 0 bridgehead atoms. The number of hydrogen-bond donors (Lipinski definition) is 0. The van der Waals surface area contributed by atoms with Crippen molar-refractivity contribution in [3.8, 4) is 5.75 Å². The van der Waals surface area contributed by atoms with E-state index in [-0.39, 0.29) is 5.75 Å². The average Bonchev–Trinajstić information content (AvgIpc) is 3.08. The molecule has 0 fully saturated rings. The number of benzene rings is 1. The molecule has 0 aliphatic carbocycles. The molecule has 0 aliphatic rings. The molecular weight excluding hydrogens is 392 g/mol. The second-order valence-electron chi connectivity index (χ2n) is 5.28. The molecule has 0 unspecified atom stereocenters. The fourth-order valence-electron chi connectivity index (χ4n) is 2.23. The minimum absolute atomic E-state index is 0.0822.